The number of amidine groups is 1. The number of aliphatic imine (C=N–C) groups is 1. The normalized spacial score (nSPS) is 10.9. The van der Waals surface area contributed by atoms with E-state index in [0.29, 0.717) is 17.4 Å². The van der Waals surface area contributed by atoms with Gasteiger partial charge in [0.15, 0.2) is 0 Å². The van der Waals surface area contributed by atoms with Gasteiger partial charge in [0, 0.05) is 13.5 Å². The molecule has 0 saturated carbocycles. The number of hydrogen-bond acceptors (Lipinski definition) is 3. The van der Waals surface area contributed by atoms with Crippen LogP contribution < -0.4 is 4.90 Å². The second kappa shape index (κ2) is 5.32. The average Bonchev–Trinajstić information content (AvgIpc) is 2.26. The van der Waals surface area contributed by atoms with Crippen LogP contribution in [0, 0.1) is 11.5 Å². The van der Waals surface area contributed by atoms with Gasteiger partial charge in [-0.2, -0.15) is 10.3 Å². The lowest BCUT2D eigenvalue weighted by molar-refractivity contribution is 1.13. The summed E-state index contributed by atoms with van der Waals surface area (Å²) in [4.78, 5) is 9.50. The third-order valence-corrected chi connectivity index (χ3v) is 2.21. The molecule has 0 aliphatic rings. The van der Waals surface area contributed by atoms with Crippen molar-refractivity contribution in [3.8, 4) is 6.19 Å². The van der Waals surface area contributed by atoms with Gasteiger partial charge >= 0.3 is 0 Å². The van der Waals surface area contributed by atoms with Gasteiger partial charge in [-0.15, -0.1) is 0 Å². The maximum atomic E-state index is 8.51. The van der Waals surface area contributed by atoms with E-state index in [1.165, 1.54) is 0 Å². The van der Waals surface area contributed by atoms with Crippen molar-refractivity contribution >= 4 is 23.1 Å². The zero-order chi connectivity index (χ0) is 11.3. The molecule has 4 nitrogen and oxygen atoms in total. The molecule has 15 heavy (non-hydrogen) atoms. The first-order valence-corrected chi connectivity index (χ1v) is 4.87. The summed E-state index contributed by atoms with van der Waals surface area (Å²) >= 11 is 5.68. The molecule has 0 unspecified atom stereocenters. The number of hydrogen-bond donors (Lipinski definition) is 0. The van der Waals surface area contributed by atoms with Crippen molar-refractivity contribution < 1.29 is 0 Å². The first kappa shape index (κ1) is 11.5. The molecule has 0 fully saturated rings. The zero-order valence-corrected chi connectivity index (χ0v) is 9.36. The largest absolute Gasteiger partial charge is 0.331 e. The third kappa shape index (κ3) is 2.93. The molecule has 0 atom stereocenters. The van der Waals surface area contributed by atoms with Gasteiger partial charge < -0.3 is 4.90 Å². The fourth-order valence-corrected chi connectivity index (χ4v) is 1.28. The van der Waals surface area contributed by atoms with Gasteiger partial charge in [0.2, 0.25) is 6.19 Å². The van der Waals surface area contributed by atoms with Gasteiger partial charge in [0.1, 0.15) is 11.0 Å². The van der Waals surface area contributed by atoms with Gasteiger partial charge in [-0.05, 0) is 12.1 Å². The van der Waals surface area contributed by atoms with Gasteiger partial charge in [0.25, 0.3) is 0 Å². The molecule has 1 rings (SSSR count). The minimum Gasteiger partial charge on any atom is -0.331 e. The summed E-state index contributed by atoms with van der Waals surface area (Å²) in [6.45, 7) is 1.94. The van der Waals surface area contributed by atoms with E-state index >= 15 is 0 Å². The van der Waals surface area contributed by atoms with Crippen LogP contribution in [0.4, 0.5) is 5.69 Å². The Morgan fingerprint density at radius 3 is 2.87 bits per heavy atom. The summed E-state index contributed by atoms with van der Waals surface area (Å²) in [7, 11) is 1.84. The lowest BCUT2D eigenvalue weighted by Crippen LogP contribution is -2.25. The van der Waals surface area contributed by atoms with Crippen molar-refractivity contribution in [3.63, 3.8) is 0 Å². The number of aromatic nitrogens is 1. The summed E-state index contributed by atoms with van der Waals surface area (Å²) in [6, 6.07) is 3.53. The zero-order valence-electron chi connectivity index (χ0n) is 8.61. The van der Waals surface area contributed by atoms with Gasteiger partial charge in [-0.3, -0.25) is 0 Å². The van der Waals surface area contributed by atoms with Crippen LogP contribution in [0.2, 0.25) is 5.15 Å². The first-order valence-electron chi connectivity index (χ1n) is 4.50. The fraction of sp³-hybridized carbons (Fsp3) is 0.300. The van der Waals surface area contributed by atoms with E-state index in [9.17, 15) is 0 Å². The Morgan fingerprint density at radius 2 is 2.40 bits per heavy atom. The molecule has 0 aliphatic carbocycles. The Balaban J connectivity index is 2.94. The van der Waals surface area contributed by atoms with Crippen LogP contribution >= 0.6 is 11.6 Å². The highest BCUT2D eigenvalue weighted by Crippen LogP contribution is 2.14. The van der Waals surface area contributed by atoms with Crippen LogP contribution in [-0.4, -0.2) is 17.9 Å². The van der Waals surface area contributed by atoms with Gasteiger partial charge in [0.05, 0.1) is 11.9 Å². The quantitative estimate of drug-likeness (QED) is 0.334. The summed E-state index contributed by atoms with van der Waals surface area (Å²) in [5.74, 6) is 0.696. The molecule has 0 amide bonds. The van der Waals surface area contributed by atoms with Gasteiger partial charge in [-0.1, -0.05) is 18.5 Å². The van der Waals surface area contributed by atoms with Crippen LogP contribution in [0.3, 0.4) is 0 Å². The molecule has 0 bridgehead atoms. The molecule has 0 aromatic carbocycles. The van der Waals surface area contributed by atoms with E-state index in [4.69, 9.17) is 16.9 Å². The van der Waals surface area contributed by atoms with Crippen molar-refractivity contribution in [1.29, 1.82) is 5.26 Å². The summed E-state index contributed by atoms with van der Waals surface area (Å²) in [5.41, 5.74) is 0.857. The Morgan fingerprint density at radius 1 is 1.67 bits per heavy atom. The van der Waals surface area contributed by atoms with E-state index in [0.717, 1.165) is 5.69 Å². The molecule has 0 aliphatic heterocycles. The van der Waals surface area contributed by atoms with E-state index in [1.54, 1.807) is 18.5 Å². The lowest BCUT2D eigenvalue weighted by atomic mass is 10.3. The monoisotopic (exact) mass is 222 g/mol. The number of nitrogens with zero attached hydrogens (tertiary/aromatic N) is 4. The number of nitriles is 1. The van der Waals surface area contributed by atoms with Crippen molar-refractivity contribution in [2.24, 2.45) is 4.99 Å². The third-order valence-electron chi connectivity index (χ3n) is 1.98. The Kier molecular flexibility index (Phi) is 4.07. The number of rotatable bonds is 2. The smallest absolute Gasteiger partial charge is 0.207 e. The number of pyridine rings is 1. The highest BCUT2D eigenvalue weighted by Gasteiger charge is 2.06. The molecular formula is C10H11ClN4. The maximum Gasteiger partial charge on any atom is 0.207 e. The second-order valence-corrected chi connectivity index (χ2v) is 3.27. The van der Waals surface area contributed by atoms with E-state index < -0.39 is 0 Å². The Hall–Kier alpha value is -1.60. The summed E-state index contributed by atoms with van der Waals surface area (Å²) in [5, 5.41) is 8.95. The standard InChI is InChI=1S/C10H11ClN4/c1-3-10(14-7-12)15(2)8-4-5-9(11)13-6-8/h4-6H,3H2,1-2H3. The van der Waals surface area contributed by atoms with Crippen molar-refractivity contribution in [2.75, 3.05) is 11.9 Å². The Bertz CT molecular complexity index is 391. The van der Waals surface area contributed by atoms with Crippen LogP contribution in [0.25, 0.3) is 0 Å². The molecule has 1 aromatic heterocycles. The van der Waals surface area contributed by atoms with E-state index in [-0.39, 0.29) is 0 Å². The second-order valence-electron chi connectivity index (χ2n) is 2.88. The number of halogens is 1. The fourth-order valence-electron chi connectivity index (χ4n) is 1.16. The molecule has 0 spiro atoms. The predicted molar refractivity (Wildman–Crippen MR) is 61.0 cm³/mol. The molecule has 78 valence electrons. The molecule has 0 N–H and O–H groups in total. The predicted octanol–water partition coefficient (Wildman–Crippen LogP) is 2.46. The average molecular weight is 223 g/mol. The lowest BCUT2D eigenvalue weighted by Gasteiger charge is -2.18. The molecular weight excluding hydrogens is 212 g/mol. The highest BCUT2D eigenvalue weighted by atomic mass is 35.5. The van der Waals surface area contributed by atoms with Gasteiger partial charge in [-0.25, -0.2) is 4.98 Å². The molecule has 1 heterocycles. The van der Waals surface area contributed by atoms with Crippen molar-refractivity contribution in [2.45, 2.75) is 13.3 Å². The number of anilines is 1. The van der Waals surface area contributed by atoms with E-state index in [1.807, 2.05) is 24.9 Å². The summed E-state index contributed by atoms with van der Waals surface area (Å²) < 4.78 is 0. The minimum absolute atomic E-state index is 0.447. The van der Waals surface area contributed by atoms with E-state index in [2.05, 4.69) is 9.98 Å². The van der Waals surface area contributed by atoms with Crippen LogP contribution in [0.15, 0.2) is 23.3 Å². The molecule has 1 aromatic rings. The van der Waals surface area contributed by atoms with Crippen molar-refractivity contribution in [3.05, 3.63) is 23.5 Å². The molecule has 0 radical (unpaired) electrons. The SMILES string of the molecule is CCC(=NC#N)N(C)c1ccc(Cl)nc1. The van der Waals surface area contributed by atoms with Crippen LogP contribution in [-0.2, 0) is 0 Å². The highest BCUT2D eigenvalue weighted by molar-refractivity contribution is 6.29. The van der Waals surface area contributed by atoms with Crippen LogP contribution in [0.1, 0.15) is 13.3 Å². The minimum atomic E-state index is 0.447. The molecule has 0 saturated heterocycles. The molecule has 5 heteroatoms. The van der Waals surface area contributed by atoms with Crippen LogP contribution in [0.5, 0.6) is 0 Å². The topological polar surface area (TPSA) is 52.3 Å². The first-order chi connectivity index (χ1) is 7.19. The van der Waals surface area contributed by atoms with Crippen molar-refractivity contribution in [1.82, 2.24) is 4.98 Å². The Labute approximate surface area is 93.8 Å². The summed E-state index contributed by atoms with van der Waals surface area (Å²) in [6.07, 6.45) is 4.11. The maximum absolute atomic E-state index is 8.51.